The Bertz CT molecular complexity index is 1390. The summed E-state index contributed by atoms with van der Waals surface area (Å²) >= 11 is 9.79. The molecule has 0 amide bonds. The van der Waals surface area contributed by atoms with Crippen molar-refractivity contribution in [3.8, 4) is 11.5 Å². The van der Waals surface area contributed by atoms with Gasteiger partial charge in [-0.3, -0.25) is 4.55 Å². The summed E-state index contributed by atoms with van der Waals surface area (Å²) in [6.07, 6.45) is 0. The number of carbonyl (C=O) groups is 2. The van der Waals surface area contributed by atoms with Crippen molar-refractivity contribution in [1.82, 2.24) is 0 Å². The second kappa shape index (κ2) is 11.7. The summed E-state index contributed by atoms with van der Waals surface area (Å²) in [6.45, 7) is 1.77. The van der Waals surface area contributed by atoms with Crippen molar-refractivity contribution in [3.63, 3.8) is 0 Å². The molecule has 7 nitrogen and oxygen atoms in total. The lowest BCUT2D eigenvalue weighted by Crippen LogP contribution is -2.18. The molecule has 0 aromatic heterocycles. The quantitative estimate of drug-likeness (QED) is 0.131. The van der Waals surface area contributed by atoms with E-state index in [0.29, 0.717) is 5.75 Å². The first-order chi connectivity index (χ1) is 15.8. The fourth-order valence-corrected chi connectivity index (χ4v) is 10.6. The van der Waals surface area contributed by atoms with Crippen LogP contribution in [-0.2, 0) is 10.1 Å². The van der Waals surface area contributed by atoms with Crippen molar-refractivity contribution in [3.05, 3.63) is 77.0 Å². The molecule has 0 aliphatic carbocycles. The number of benzene rings is 3. The van der Waals surface area contributed by atoms with Gasteiger partial charge < -0.3 is 9.47 Å². The molecule has 0 bridgehead atoms. The molecule has 0 saturated heterocycles. The Balaban J connectivity index is 1.95. The van der Waals surface area contributed by atoms with Gasteiger partial charge in [-0.1, -0.05) is 11.6 Å². The van der Waals surface area contributed by atoms with Crippen LogP contribution in [0.25, 0.3) is 0 Å². The first-order valence-electron chi connectivity index (χ1n) is 8.94. The van der Waals surface area contributed by atoms with Crippen molar-refractivity contribution in [1.29, 1.82) is 0 Å². The van der Waals surface area contributed by atoms with E-state index in [0.717, 1.165) is 16.3 Å². The number of hydrogen-bond donors (Lipinski definition) is 1. The van der Waals surface area contributed by atoms with Gasteiger partial charge in [0.15, 0.2) is 5.75 Å². The van der Waals surface area contributed by atoms with Crippen molar-refractivity contribution in [2.45, 2.75) is 11.8 Å². The molecule has 3 rings (SSSR count). The lowest BCUT2D eigenvalue weighted by Gasteiger charge is -2.13. The Labute approximate surface area is 263 Å². The standard InChI is InChI=1S/C21H11I5O7S/c1-9-2-3-12(20(27)33-18-14(23)5-10(22)6-15(18)24)13(4-9)21(28)32-11-7-16(25)19(17(26)8-11)34(29,30)31/h2-8H,1H3,(H,29,30,31). The second-order valence-electron chi connectivity index (χ2n) is 6.72. The highest BCUT2D eigenvalue weighted by Crippen LogP contribution is 2.32. The SMILES string of the molecule is Cc1ccc(C(=O)Oc2c(I)cc(I)cc2I)c(C(=O)Oc2cc(I)c(S(=O)(=O)O)c(I)c2)c1. The zero-order valence-corrected chi connectivity index (χ0v) is 28.3. The fraction of sp³-hybridized carbons (Fsp3) is 0.0476. The first kappa shape index (κ1) is 28.7. The molecule has 0 saturated carbocycles. The van der Waals surface area contributed by atoms with Crippen LogP contribution in [0.3, 0.4) is 0 Å². The fourth-order valence-electron chi connectivity index (χ4n) is 2.78. The number of rotatable bonds is 5. The summed E-state index contributed by atoms with van der Waals surface area (Å²) in [5.74, 6) is -1.06. The van der Waals surface area contributed by atoms with E-state index < -0.39 is 22.1 Å². The Morgan fingerprint density at radius 3 is 1.82 bits per heavy atom. The van der Waals surface area contributed by atoms with Crippen LogP contribution in [-0.4, -0.2) is 24.9 Å². The molecule has 0 heterocycles. The summed E-state index contributed by atoms with van der Waals surface area (Å²) in [5, 5.41) is 0. The topological polar surface area (TPSA) is 107 Å². The lowest BCUT2D eigenvalue weighted by molar-refractivity contribution is 0.0690. The highest BCUT2D eigenvalue weighted by molar-refractivity contribution is 14.1. The molecule has 1 N–H and O–H groups in total. The lowest BCUT2D eigenvalue weighted by atomic mass is 10.0. The highest BCUT2D eigenvalue weighted by atomic mass is 127. The van der Waals surface area contributed by atoms with E-state index >= 15 is 0 Å². The summed E-state index contributed by atoms with van der Waals surface area (Å²) in [7, 11) is -4.44. The number of aryl methyl sites for hydroxylation is 1. The number of ether oxygens (including phenoxy) is 2. The highest BCUT2D eigenvalue weighted by Gasteiger charge is 2.24. The molecule has 0 aliphatic rings. The average Bonchev–Trinajstić information content (AvgIpc) is 2.68. The van der Waals surface area contributed by atoms with Crippen LogP contribution in [0.5, 0.6) is 11.5 Å². The third kappa shape index (κ3) is 6.92. The maximum Gasteiger partial charge on any atom is 0.344 e. The van der Waals surface area contributed by atoms with Gasteiger partial charge in [-0.15, -0.1) is 0 Å². The molecule has 13 heteroatoms. The molecule has 0 spiro atoms. The van der Waals surface area contributed by atoms with E-state index in [1.165, 1.54) is 24.3 Å². The predicted octanol–water partition coefficient (Wildman–Crippen LogP) is 6.70. The van der Waals surface area contributed by atoms with Gasteiger partial charge in [0.2, 0.25) is 0 Å². The van der Waals surface area contributed by atoms with E-state index in [4.69, 9.17) is 9.47 Å². The number of hydrogen-bond acceptors (Lipinski definition) is 6. The molecule has 0 aliphatic heterocycles. The molecule has 3 aromatic rings. The van der Waals surface area contributed by atoms with Crippen molar-refractivity contribution < 1.29 is 32.0 Å². The molecule has 0 unspecified atom stereocenters. The Morgan fingerprint density at radius 1 is 0.765 bits per heavy atom. The van der Waals surface area contributed by atoms with Gasteiger partial charge in [0.1, 0.15) is 10.6 Å². The van der Waals surface area contributed by atoms with Crippen molar-refractivity contribution in [2.75, 3.05) is 0 Å². The Kier molecular flexibility index (Phi) is 9.88. The maximum atomic E-state index is 13.0. The number of esters is 2. The molecule has 34 heavy (non-hydrogen) atoms. The third-order valence-electron chi connectivity index (χ3n) is 4.21. The maximum absolute atomic E-state index is 13.0. The van der Waals surface area contributed by atoms with Crippen molar-refractivity contribution in [2.24, 2.45) is 0 Å². The number of carbonyl (C=O) groups excluding carboxylic acids is 2. The zero-order chi connectivity index (χ0) is 25.4. The van der Waals surface area contributed by atoms with Gasteiger partial charge in [-0.05, 0) is 156 Å². The minimum Gasteiger partial charge on any atom is -0.423 e. The number of halogens is 5. The van der Waals surface area contributed by atoms with Crippen LogP contribution in [0.2, 0.25) is 0 Å². The van der Waals surface area contributed by atoms with Gasteiger partial charge in [0.05, 0.1) is 18.3 Å². The van der Waals surface area contributed by atoms with Crippen molar-refractivity contribution >= 4 is 135 Å². The van der Waals surface area contributed by atoms with Crippen LogP contribution in [0, 0.1) is 24.8 Å². The summed E-state index contributed by atoms with van der Waals surface area (Å²) < 4.78 is 46.5. The van der Waals surface area contributed by atoms with Crippen LogP contribution in [0.4, 0.5) is 0 Å². The predicted molar refractivity (Wildman–Crippen MR) is 167 cm³/mol. The normalized spacial score (nSPS) is 11.3. The summed E-state index contributed by atoms with van der Waals surface area (Å²) in [4.78, 5) is 25.8. The monoisotopic (exact) mass is 1040 g/mol. The summed E-state index contributed by atoms with van der Waals surface area (Å²) in [5.41, 5.74) is 0.761. The van der Waals surface area contributed by atoms with E-state index in [1.807, 2.05) is 12.1 Å². The van der Waals surface area contributed by atoms with Gasteiger partial charge >= 0.3 is 11.9 Å². The van der Waals surface area contributed by atoms with E-state index in [2.05, 4.69) is 67.8 Å². The van der Waals surface area contributed by atoms with E-state index in [-0.39, 0.29) is 28.9 Å². The van der Waals surface area contributed by atoms with Gasteiger partial charge in [0, 0.05) is 10.7 Å². The molecule has 0 atom stereocenters. The van der Waals surface area contributed by atoms with Crippen LogP contribution in [0.15, 0.2) is 47.4 Å². The second-order valence-corrected chi connectivity index (χ2v) is 14.0. The minimum atomic E-state index is -4.44. The van der Waals surface area contributed by atoms with Gasteiger partial charge in [-0.25, -0.2) is 9.59 Å². The summed E-state index contributed by atoms with van der Waals surface area (Å²) in [6, 6.07) is 11.1. The first-order valence-corrected chi connectivity index (χ1v) is 15.8. The Hall–Kier alpha value is 0.160. The molecular weight excluding hydrogens is 1030 g/mol. The third-order valence-corrected chi connectivity index (χ3v) is 9.83. The molecule has 0 fully saturated rings. The van der Waals surface area contributed by atoms with Crippen LogP contribution < -0.4 is 9.47 Å². The smallest absolute Gasteiger partial charge is 0.344 e. The van der Waals surface area contributed by atoms with Gasteiger partial charge in [-0.2, -0.15) is 8.42 Å². The van der Waals surface area contributed by atoms with Gasteiger partial charge in [0.25, 0.3) is 10.1 Å². The van der Waals surface area contributed by atoms with Crippen LogP contribution in [0.1, 0.15) is 26.3 Å². The zero-order valence-electron chi connectivity index (χ0n) is 16.7. The van der Waals surface area contributed by atoms with E-state index in [1.54, 1.807) is 58.2 Å². The molecule has 178 valence electrons. The molecular formula is C21H11I5O7S. The minimum absolute atomic E-state index is 0.00407. The molecule has 3 aromatic carbocycles. The average molecular weight is 1040 g/mol. The Morgan fingerprint density at radius 2 is 1.29 bits per heavy atom. The van der Waals surface area contributed by atoms with E-state index in [9.17, 15) is 22.6 Å². The molecule has 0 radical (unpaired) electrons. The van der Waals surface area contributed by atoms with Crippen LogP contribution >= 0.6 is 113 Å². The largest absolute Gasteiger partial charge is 0.423 e.